The van der Waals surface area contributed by atoms with Crippen LogP contribution in [0, 0.1) is 0 Å². The highest BCUT2D eigenvalue weighted by atomic mass is 15.4. The van der Waals surface area contributed by atoms with Gasteiger partial charge in [-0.15, -0.1) is 0 Å². The summed E-state index contributed by atoms with van der Waals surface area (Å²) in [5, 5.41) is 4.04. The van der Waals surface area contributed by atoms with Gasteiger partial charge >= 0.3 is 0 Å². The van der Waals surface area contributed by atoms with Crippen LogP contribution in [0.2, 0.25) is 0 Å². The zero-order valence-corrected chi connectivity index (χ0v) is 7.29. The molecule has 2 nitrogen and oxygen atoms in total. The zero-order chi connectivity index (χ0) is 7.94. The van der Waals surface area contributed by atoms with Gasteiger partial charge in [-0.05, 0) is 11.5 Å². The van der Waals surface area contributed by atoms with Gasteiger partial charge in [-0.2, -0.15) is 0 Å². The van der Waals surface area contributed by atoms with Gasteiger partial charge < -0.3 is 0 Å². The Morgan fingerprint density at radius 1 is 1.18 bits per heavy atom. The van der Waals surface area contributed by atoms with E-state index in [9.17, 15) is 0 Å². The van der Waals surface area contributed by atoms with E-state index in [0.717, 1.165) is 6.54 Å². The van der Waals surface area contributed by atoms with Crippen LogP contribution >= 0.6 is 0 Å². The van der Waals surface area contributed by atoms with Crippen LogP contribution in [0.3, 0.4) is 0 Å². The van der Waals surface area contributed by atoms with Gasteiger partial charge in [0.2, 0.25) is 6.21 Å². The van der Waals surface area contributed by atoms with Crippen molar-refractivity contribution in [3.8, 4) is 0 Å². The fraction of sp³-hybridized carbons (Fsp3) is 0.778. The molecule has 0 radical (unpaired) electrons. The second kappa shape index (κ2) is 5.05. The lowest BCUT2D eigenvalue weighted by atomic mass is 10.1. The molecule has 0 fully saturated rings. The molecule has 0 saturated carbocycles. The van der Waals surface area contributed by atoms with Crippen LogP contribution < -0.4 is 0 Å². The van der Waals surface area contributed by atoms with E-state index in [2.05, 4.69) is 12.0 Å². The lowest BCUT2D eigenvalue weighted by Gasteiger charge is -1.98. The summed E-state index contributed by atoms with van der Waals surface area (Å²) in [6.07, 6.45) is 10.6. The van der Waals surface area contributed by atoms with Crippen molar-refractivity contribution in [1.82, 2.24) is 0 Å². The summed E-state index contributed by atoms with van der Waals surface area (Å²) < 4.78 is 2.01. The maximum Gasteiger partial charge on any atom is 0.220 e. The molecule has 1 heterocycles. The Balaban J connectivity index is 1.81. The van der Waals surface area contributed by atoms with E-state index >= 15 is 0 Å². The maximum absolute atomic E-state index is 4.04. The van der Waals surface area contributed by atoms with Crippen molar-refractivity contribution < 1.29 is 4.68 Å². The maximum atomic E-state index is 4.04. The van der Waals surface area contributed by atoms with Gasteiger partial charge in [0.1, 0.15) is 0 Å². The summed E-state index contributed by atoms with van der Waals surface area (Å²) in [6.45, 7) is 3.35. The third-order valence-corrected chi connectivity index (χ3v) is 1.94. The summed E-state index contributed by atoms with van der Waals surface area (Å²) in [5.74, 6) is 0. The number of rotatable bonds is 6. The van der Waals surface area contributed by atoms with Crippen LogP contribution in [0.5, 0.6) is 0 Å². The Hall–Kier alpha value is -0.660. The number of unbranched alkanes of at least 4 members (excludes halogenated alkanes) is 4. The molecule has 1 aliphatic rings. The Morgan fingerprint density at radius 2 is 1.91 bits per heavy atom. The van der Waals surface area contributed by atoms with Gasteiger partial charge in [0.05, 0.1) is 0 Å². The lowest BCUT2D eigenvalue weighted by molar-refractivity contribution is -0.536. The first kappa shape index (κ1) is 8.44. The molecule has 1 rings (SSSR count). The van der Waals surface area contributed by atoms with Crippen molar-refractivity contribution in [3.05, 3.63) is 0 Å². The van der Waals surface area contributed by atoms with Gasteiger partial charge in [0.25, 0.3) is 0 Å². The van der Waals surface area contributed by atoms with Crippen molar-refractivity contribution in [2.45, 2.75) is 39.0 Å². The first-order chi connectivity index (χ1) is 5.43. The van der Waals surface area contributed by atoms with E-state index in [4.69, 9.17) is 0 Å². The number of hydrazone groups is 1. The van der Waals surface area contributed by atoms with Crippen LogP contribution in [0.4, 0.5) is 0 Å². The molecular formula is C9H17N2+. The minimum absolute atomic E-state index is 1.11. The van der Waals surface area contributed by atoms with Gasteiger partial charge in [-0.1, -0.05) is 30.9 Å². The monoisotopic (exact) mass is 153 g/mol. The smallest absolute Gasteiger partial charge is 0.0892 e. The third kappa shape index (κ3) is 3.30. The highest BCUT2D eigenvalue weighted by Crippen LogP contribution is 2.02. The Kier molecular flexibility index (Phi) is 3.87. The number of nitrogens with zero attached hydrogens (tertiary/aromatic N) is 2. The van der Waals surface area contributed by atoms with Crippen molar-refractivity contribution in [1.29, 1.82) is 0 Å². The molecule has 0 atom stereocenters. The van der Waals surface area contributed by atoms with Gasteiger partial charge in [0.15, 0.2) is 12.8 Å². The third-order valence-electron chi connectivity index (χ3n) is 1.94. The fourth-order valence-corrected chi connectivity index (χ4v) is 1.17. The molecule has 0 aromatic heterocycles. The summed E-state index contributed by atoms with van der Waals surface area (Å²) in [6, 6.07) is 0. The second-order valence-corrected chi connectivity index (χ2v) is 2.99. The SMILES string of the molecule is CCCCCCC[N+]1=CC=N1. The van der Waals surface area contributed by atoms with E-state index in [1.165, 1.54) is 32.1 Å². The summed E-state index contributed by atoms with van der Waals surface area (Å²) in [5.41, 5.74) is 0. The minimum Gasteiger partial charge on any atom is -0.0892 e. The second-order valence-electron chi connectivity index (χ2n) is 2.99. The van der Waals surface area contributed by atoms with Crippen LogP contribution in [-0.4, -0.2) is 23.7 Å². The molecule has 0 aliphatic carbocycles. The molecule has 0 N–H and O–H groups in total. The first-order valence-corrected chi connectivity index (χ1v) is 4.57. The van der Waals surface area contributed by atoms with Crippen molar-refractivity contribution in [2.75, 3.05) is 6.54 Å². The lowest BCUT2D eigenvalue weighted by Crippen LogP contribution is -2.16. The van der Waals surface area contributed by atoms with E-state index in [-0.39, 0.29) is 0 Å². The van der Waals surface area contributed by atoms with E-state index in [0.29, 0.717) is 0 Å². The fourth-order valence-electron chi connectivity index (χ4n) is 1.17. The van der Waals surface area contributed by atoms with Crippen molar-refractivity contribution >= 4 is 12.4 Å². The topological polar surface area (TPSA) is 15.4 Å². The Labute approximate surface area is 68.6 Å². The van der Waals surface area contributed by atoms with Crippen LogP contribution in [0.25, 0.3) is 0 Å². The van der Waals surface area contributed by atoms with Crippen LogP contribution in [-0.2, 0) is 0 Å². The van der Waals surface area contributed by atoms with Crippen molar-refractivity contribution in [3.63, 3.8) is 0 Å². The Bertz CT molecular complexity index is 159. The molecule has 2 heteroatoms. The van der Waals surface area contributed by atoms with Gasteiger partial charge in [-0.25, -0.2) is 0 Å². The number of hydrogen-bond donors (Lipinski definition) is 0. The molecule has 0 amide bonds. The molecule has 11 heavy (non-hydrogen) atoms. The quantitative estimate of drug-likeness (QED) is 0.410. The zero-order valence-electron chi connectivity index (χ0n) is 7.29. The predicted molar refractivity (Wildman–Crippen MR) is 48.4 cm³/mol. The molecular weight excluding hydrogens is 136 g/mol. The average molecular weight is 153 g/mol. The Morgan fingerprint density at radius 3 is 2.45 bits per heavy atom. The normalized spacial score (nSPS) is 14.5. The average Bonchev–Trinajstić information content (AvgIpc) is 1.93. The van der Waals surface area contributed by atoms with Gasteiger partial charge in [-0.3, -0.25) is 0 Å². The van der Waals surface area contributed by atoms with Crippen LogP contribution in [0.15, 0.2) is 5.10 Å². The first-order valence-electron chi connectivity index (χ1n) is 4.57. The van der Waals surface area contributed by atoms with E-state index in [1.807, 2.05) is 17.1 Å². The summed E-state index contributed by atoms with van der Waals surface area (Å²) in [7, 11) is 0. The van der Waals surface area contributed by atoms with E-state index in [1.54, 1.807) is 0 Å². The largest absolute Gasteiger partial charge is 0.220 e. The molecule has 0 unspecified atom stereocenters. The van der Waals surface area contributed by atoms with Crippen LogP contribution in [0.1, 0.15) is 39.0 Å². The highest BCUT2D eigenvalue weighted by molar-refractivity contribution is 6.15. The van der Waals surface area contributed by atoms with E-state index < -0.39 is 0 Å². The molecule has 62 valence electrons. The molecule has 0 aromatic carbocycles. The van der Waals surface area contributed by atoms with Crippen molar-refractivity contribution in [2.24, 2.45) is 5.10 Å². The molecule has 0 bridgehead atoms. The molecule has 1 aliphatic heterocycles. The summed E-state index contributed by atoms with van der Waals surface area (Å²) in [4.78, 5) is 0. The highest BCUT2D eigenvalue weighted by Gasteiger charge is 2.05. The minimum atomic E-state index is 1.11. The number of hydrogen-bond acceptors (Lipinski definition) is 1. The standard InChI is InChI=1S/C9H17N2/c1-2-3-4-5-6-8-11-9-7-10-11/h7,9H,2-6,8H2,1H3/q+1. The summed E-state index contributed by atoms with van der Waals surface area (Å²) >= 11 is 0. The molecule has 0 aromatic rings. The van der Waals surface area contributed by atoms with Gasteiger partial charge in [0, 0.05) is 6.42 Å². The predicted octanol–water partition coefficient (Wildman–Crippen LogP) is 2.04. The molecule has 0 saturated heterocycles. The molecule has 0 spiro atoms.